The van der Waals surface area contributed by atoms with Crippen LogP contribution < -0.4 is 5.73 Å². The van der Waals surface area contributed by atoms with Crippen LogP contribution in [-0.4, -0.2) is 122 Å². The lowest BCUT2D eigenvalue weighted by atomic mass is 10.0. The van der Waals surface area contributed by atoms with Gasteiger partial charge in [-0.1, -0.05) is 83.3 Å². The number of aliphatic hydroxyl groups excluding tert-OH is 1. The minimum absolute atomic E-state index is 0.0483. The summed E-state index contributed by atoms with van der Waals surface area (Å²) in [5.41, 5.74) is 5.85. The summed E-state index contributed by atoms with van der Waals surface area (Å²) < 4.78 is 44.4. The Morgan fingerprint density at radius 1 is 0.833 bits per heavy atom. The molecule has 0 aromatic rings. The number of allylic oxidation sites excluding steroid dienone is 1. The van der Waals surface area contributed by atoms with Crippen molar-refractivity contribution in [2.24, 2.45) is 5.73 Å². The first kappa shape index (κ1) is 48.0. The Kier molecular flexibility index (Phi) is 24.2. The van der Waals surface area contributed by atoms with Crippen LogP contribution in [-0.2, 0) is 22.7 Å². The number of unbranched alkanes of at least 4 members (excludes halogenated alkanes) is 11. The van der Waals surface area contributed by atoms with Gasteiger partial charge in [0.2, 0.25) is 0 Å². The molecule has 0 aliphatic carbocycles. The van der Waals surface area contributed by atoms with Gasteiger partial charge in [0.1, 0.15) is 13.2 Å². The summed E-state index contributed by atoms with van der Waals surface area (Å²) in [5.74, 6) is 0. The number of nitrogens with two attached hydrogens (primary N) is 1. The second-order valence-electron chi connectivity index (χ2n) is 13.7. The molecule has 0 bridgehead atoms. The van der Waals surface area contributed by atoms with Gasteiger partial charge in [0.05, 0.1) is 39.9 Å². The van der Waals surface area contributed by atoms with Crippen molar-refractivity contribution in [3.63, 3.8) is 0 Å². The fraction of sp³-hybridized carbons (Fsp3) is 0.933. The maximum Gasteiger partial charge on any atom is 0.472 e. The Bertz CT molecular complexity index is 991. The molecule has 0 saturated carbocycles. The van der Waals surface area contributed by atoms with Gasteiger partial charge in [-0.05, 0) is 38.8 Å². The van der Waals surface area contributed by atoms with Crippen LogP contribution in [0.3, 0.4) is 0 Å². The number of phosphoric ester groups is 1. The Balaban J connectivity index is 0.00000109. The van der Waals surface area contributed by atoms with E-state index in [9.17, 15) is 28.8 Å². The zero-order valence-corrected chi connectivity index (χ0v) is 32.3. The van der Waals surface area contributed by atoms with Crippen LogP contribution in [0.1, 0.15) is 103 Å². The van der Waals surface area contributed by atoms with E-state index in [1.807, 2.05) is 27.2 Å². The van der Waals surface area contributed by atoms with Gasteiger partial charge in [-0.25, -0.2) is 4.57 Å². The highest BCUT2D eigenvalue weighted by molar-refractivity contribution is 7.72. The lowest BCUT2D eigenvalue weighted by molar-refractivity contribution is -0.870. The van der Waals surface area contributed by atoms with Crippen molar-refractivity contribution in [2.45, 2.75) is 120 Å². The third-order valence-corrected chi connectivity index (χ3v) is 12.9. The zero-order chi connectivity index (χ0) is 36.9. The summed E-state index contributed by atoms with van der Waals surface area (Å²) in [4.78, 5) is 47.1. The Morgan fingerprint density at radius 3 is 1.77 bits per heavy atom. The molecular weight excluding hydrogens is 687 g/mol. The minimum Gasteiger partial charge on any atom is -0.387 e. The highest BCUT2D eigenvalue weighted by atomic mass is 31.2. The predicted molar refractivity (Wildman–Crippen MR) is 188 cm³/mol. The van der Waals surface area contributed by atoms with Crippen molar-refractivity contribution in [3.05, 3.63) is 12.2 Å². The number of hydrogen-bond donors (Lipinski definition) is 8. The third-order valence-electron chi connectivity index (χ3n) is 8.09. The molecule has 288 valence electrons. The van der Waals surface area contributed by atoms with E-state index in [0.717, 1.165) is 25.7 Å². The van der Waals surface area contributed by atoms with E-state index in [4.69, 9.17) is 34.4 Å². The smallest absolute Gasteiger partial charge is 0.387 e. The molecule has 18 heteroatoms. The van der Waals surface area contributed by atoms with Gasteiger partial charge in [0.15, 0.2) is 0 Å². The standard InChI is InChI=1S/C23H49N2O5P.C7H17NO7P2/c1-5-6-7-8-9-10-11-12-13-14-15-16-17-18-23(26)22(24)21-30-31(27,28)29-20-19-25(2,3)4;9-7(16(10,11)12,17(13,14)15)3-6-8-4-1-2-5-8/h17-18,22-23,26H,5-16,19-21,24H2,1-4H3;9H,1-6H2,(H2,10,11,12)(H2,13,14,15)/p+1/b18-17+;. The number of quaternary nitrogens is 1. The van der Waals surface area contributed by atoms with Crippen molar-refractivity contribution in [3.8, 4) is 0 Å². The van der Waals surface area contributed by atoms with Gasteiger partial charge in [-0.2, -0.15) is 0 Å². The molecule has 1 heterocycles. The van der Waals surface area contributed by atoms with E-state index in [0.29, 0.717) is 24.1 Å². The fourth-order valence-electron chi connectivity index (χ4n) is 4.83. The largest absolute Gasteiger partial charge is 0.472 e. The first-order chi connectivity index (χ1) is 22.2. The Hall–Kier alpha value is -0.0500. The maximum atomic E-state index is 11.9. The molecule has 0 amide bonds. The van der Waals surface area contributed by atoms with Gasteiger partial charge in [-0.3, -0.25) is 18.2 Å². The number of aliphatic hydroxyl groups is 2. The number of nitrogens with zero attached hydrogens (tertiary/aromatic N) is 2. The molecule has 48 heavy (non-hydrogen) atoms. The number of rotatable bonds is 26. The zero-order valence-electron chi connectivity index (χ0n) is 29.6. The van der Waals surface area contributed by atoms with Crippen LogP contribution in [0.2, 0.25) is 0 Å². The number of likely N-dealkylation sites (tertiary alicyclic amines) is 1. The summed E-state index contributed by atoms with van der Waals surface area (Å²) in [6, 6.07) is -0.781. The average molecular weight is 755 g/mol. The molecule has 1 aliphatic rings. The summed E-state index contributed by atoms with van der Waals surface area (Å²) >= 11 is 0. The van der Waals surface area contributed by atoms with Gasteiger partial charge < -0.3 is 49.8 Å². The summed E-state index contributed by atoms with van der Waals surface area (Å²) in [6.45, 7) is 4.14. The highest BCUT2D eigenvalue weighted by Crippen LogP contribution is 2.68. The molecule has 0 aromatic carbocycles. The topological polar surface area (TPSA) is 241 Å². The van der Waals surface area contributed by atoms with Crippen LogP contribution >= 0.6 is 23.0 Å². The first-order valence-corrected chi connectivity index (χ1v) is 22.0. The van der Waals surface area contributed by atoms with E-state index in [1.165, 1.54) is 64.2 Å². The molecule has 0 spiro atoms. The molecule has 1 rings (SSSR count). The number of hydrogen-bond acceptors (Lipinski definition) is 9. The van der Waals surface area contributed by atoms with Crippen molar-refractivity contribution in [1.29, 1.82) is 0 Å². The van der Waals surface area contributed by atoms with E-state index in [-0.39, 0.29) is 19.8 Å². The van der Waals surface area contributed by atoms with Crippen molar-refractivity contribution in [1.82, 2.24) is 4.90 Å². The summed E-state index contributed by atoms with van der Waals surface area (Å²) in [7, 11) is -8.88. The van der Waals surface area contributed by atoms with Gasteiger partial charge in [-0.15, -0.1) is 0 Å². The maximum absolute atomic E-state index is 11.9. The van der Waals surface area contributed by atoms with E-state index in [2.05, 4.69) is 6.92 Å². The minimum atomic E-state index is -5.30. The van der Waals surface area contributed by atoms with Gasteiger partial charge in [0, 0.05) is 13.0 Å². The lowest BCUT2D eigenvalue weighted by Crippen LogP contribution is -2.38. The van der Waals surface area contributed by atoms with E-state index in [1.54, 1.807) is 11.0 Å². The molecule has 1 fully saturated rings. The van der Waals surface area contributed by atoms with Crippen LogP contribution in [0.5, 0.6) is 0 Å². The van der Waals surface area contributed by atoms with Crippen molar-refractivity contribution >= 4 is 23.0 Å². The molecule has 1 aliphatic heterocycles. The second-order valence-corrected chi connectivity index (χ2v) is 19.1. The Morgan fingerprint density at radius 2 is 1.31 bits per heavy atom. The van der Waals surface area contributed by atoms with Crippen LogP contribution in [0.15, 0.2) is 12.2 Å². The van der Waals surface area contributed by atoms with Crippen molar-refractivity contribution < 1.29 is 61.9 Å². The molecule has 9 N–H and O–H groups in total. The van der Waals surface area contributed by atoms with Gasteiger partial charge in [0.25, 0.3) is 5.08 Å². The number of phosphoric acid groups is 1. The highest BCUT2D eigenvalue weighted by Gasteiger charge is 2.59. The monoisotopic (exact) mass is 754 g/mol. The normalized spacial score (nSPS) is 17.7. The molecule has 1 saturated heterocycles. The molecular formula is C30H67N3O12P3+. The molecule has 0 aromatic heterocycles. The van der Waals surface area contributed by atoms with Gasteiger partial charge >= 0.3 is 23.0 Å². The summed E-state index contributed by atoms with van der Waals surface area (Å²) in [5, 5.41) is 16.4. The predicted octanol–water partition coefficient (Wildman–Crippen LogP) is 4.25. The summed E-state index contributed by atoms with van der Waals surface area (Å²) in [6.07, 6.45) is 19.1. The van der Waals surface area contributed by atoms with Crippen LogP contribution in [0.25, 0.3) is 0 Å². The van der Waals surface area contributed by atoms with Crippen LogP contribution in [0, 0.1) is 0 Å². The van der Waals surface area contributed by atoms with Crippen molar-refractivity contribution in [2.75, 3.05) is 60.5 Å². The molecule has 3 atom stereocenters. The number of likely N-dealkylation sites (N-methyl/N-ethyl adjacent to an activating group) is 1. The fourth-order valence-corrected chi connectivity index (χ4v) is 7.71. The van der Waals surface area contributed by atoms with Crippen LogP contribution in [0.4, 0.5) is 0 Å². The third kappa shape index (κ3) is 22.7. The SMILES string of the molecule is CCCCCCCCCCCCC/C=C/C(O)C(N)COP(=O)(O)OCC[N+](C)(C)C.O=P(O)(O)C(O)(CCN1CCCC1)P(=O)(O)O. The first-order valence-electron chi connectivity index (χ1n) is 17.2. The lowest BCUT2D eigenvalue weighted by Gasteiger charge is -2.30. The second kappa shape index (κ2) is 24.2. The molecule has 0 radical (unpaired) electrons. The Labute approximate surface area is 288 Å². The van der Waals surface area contributed by atoms with E-state index >= 15 is 0 Å². The quantitative estimate of drug-likeness (QED) is 0.0267. The van der Waals surface area contributed by atoms with E-state index < -0.39 is 46.7 Å². The molecule has 15 nitrogen and oxygen atoms in total. The average Bonchev–Trinajstić information content (AvgIpc) is 3.49. The molecule has 3 unspecified atom stereocenters.